The lowest BCUT2D eigenvalue weighted by Crippen LogP contribution is -2.34. The first-order valence-electron chi connectivity index (χ1n) is 10.5. The summed E-state index contributed by atoms with van der Waals surface area (Å²) in [6.45, 7) is 3.23. The van der Waals surface area contributed by atoms with Crippen LogP contribution in [0.1, 0.15) is 54.6 Å². The van der Waals surface area contributed by atoms with Gasteiger partial charge in [-0.3, -0.25) is 14.5 Å². The second kappa shape index (κ2) is 10.2. The van der Waals surface area contributed by atoms with E-state index in [0.29, 0.717) is 23.7 Å². The van der Waals surface area contributed by atoms with E-state index in [4.69, 9.17) is 0 Å². The van der Waals surface area contributed by atoms with E-state index in [9.17, 15) is 9.59 Å². The molecule has 0 bridgehead atoms. The lowest BCUT2D eigenvalue weighted by atomic mass is 10.1. The zero-order chi connectivity index (χ0) is 20.6. The molecule has 1 aliphatic rings. The molecule has 1 aliphatic carbocycles. The van der Waals surface area contributed by atoms with Crippen LogP contribution in [0.15, 0.2) is 54.6 Å². The molecule has 0 spiro atoms. The average molecular weight is 394 g/mol. The van der Waals surface area contributed by atoms with Crippen molar-refractivity contribution in [2.45, 2.75) is 38.6 Å². The van der Waals surface area contributed by atoms with Gasteiger partial charge in [-0.2, -0.15) is 0 Å². The van der Waals surface area contributed by atoms with E-state index in [2.05, 4.69) is 15.5 Å². The number of para-hydroxylation sites is 1. The third-order valence-electron chi connectivity index (χ3n) is 5.55. The van der Waals surface area contributed by atoms with Crippen LogP contribution in [0.3, 0.4) is 0 Å². The van der Waals surface area contributed by atoms with Gasteiger partial charge in [0.2, 0.25) is 5.91 Å². The predicted octanol–water partition coefficient (Wildman–Crippen LogP) is 4.24. The van der Waals surface area contributed by atoms with Crippen LogP contribution in [0.2, 0.25) is 0 Å². The quantitative estimate of drug-likeness (QED) is 0.705. The van der Waals surface area contributed by atoms with Gasteiger partial charge in [0.05, 0.1) is 23.8 Å². The average Bonchev–Trinajstić information content (AvgIpc) is 3.21. The van der Waals surface area contributed by atoms with Crippen molar-refractivity contribution in [3.8, 4) is 0 Å². The van der Waals surface area contributed by atoms with E-state index in [0.717, 1.165) is 12.1 Å². The van der Waals surface area contributed by atoms with Gasteiger partial charge in [0.15, 0.2) is 0 Å². The molecule has 3 rings (SSSR count). The maximum atomic E-state index is 12.8. The number of likely N-dealkylation sites (N-methyl/N-ethyl adjacent to an activating group) is 1. The van der Waals surface area contributed by atoms with Crippen molar-refractivity contribution in [1.29, 1.82) is 0 Å². The number of benzene rings is 2. The van der Waals surface area contributed by atoms with Gasteiger partial charge in [0.25, 0.3) is 5.91 Å². The van der Waals surface area contributed by atoms with Gasteiger partial charge in [0.1, 0.15) is 0 Å². The number of rotatable bonds is 8. The lowest BCUT2D eigenvalue weighted by molar-refractivity contribution is -0.117. The smallest absolute Gasteiger partial charge is 0.253 e. The van der Waals surface area contributed by atoms with Crippen LogP contribution in [0.5, 0.6) is 0 Å². The summed E-state index contributed by atoms with van der Waals surface area (Å²) in [5, 5.41) is 5.93. The Morgan fingerprint density at radius 1 is 1.03 bits per heavy atom. The molecule has 2 aromatic rings. The van der Waals surface area contributed by atoms with Gasteiger partial charge in [0, 0.05) is 6.54 Å². The molecule has 0 aliphatic heterocycles. The van der Waals surface area contributed by atoms with Crippen molar-refractivity contribution in [2.75, 3.05) is 25.5 Å². The molecule has 5 nitrogen and oxygen atoms in total. The SMILES string of the molecule is CC(NC(=O)c1ccccc1NC(=O)CN(C)CC1CCCC1)c1ccccc1. The monoisotopic (exact) mass is 393 g/mol. The molecule has 29 heavy (non-hydrogen) atoms. The summed E-state index contributed by atoms with van der Waals surface area (Å²) in [7, 11) is 1.98. The zero-order valence-electron chi connectivity index (χ0n) is 17.4. The number of nitrogens with one attached hydrogen (secondary N) is 2. The minimum atomic E-state index is -0.198. The molecule has 2 amide bonds. The van der Waals surface area contributed by atoms with Gasteiger partial charge >= 0.3 is 0 Å². The lowest BCUT2D eigenvalue weighted by Gasteiger charge is -2.21. The van der Waals surface area contributed by atoms with Crippen LogP contribution in [-0.4, -0.2) is 36.9 Å². The Morgan fingerprint density at radius 3 is 2.41 bits per heavy atom. The summed E-state index contributed by atoms with van der Waals surface area (Å²) in [4.78, 5) is 27.4. The molecule has 0 radical (unpaired) electrons. The van der Waals surface area contributed by atoms with Crippen LogP contribution in [0.25, 0.3) is 0 Å². The number of carbonyl (C=O) groups excluding carboxylic acids is 2. The van der Waals surface area contributed by atoms with Crippen LogP contribution in [0, 0.1) is 5.92 Å². The summed E-state index contributed by atoms with van der Waals surface area (Å²) in [6.07, 6.45) is 5.12. The maximum Gasteiger partial charge on any atom is 0.253 e. The molecule has 154 valence electrons. The van der Waals surface area contributed by atoms with E-state index in [-0.39, 0.29) is 17.9 Å². The molecule has 5 heteroatoms. The van der Waals surface area contributed by atoms with Crippen molar-refractivity contribution in [3.05, 3.63) is 65.7 Å². The van der Waals surface area contributed by atoms with Crippen LogP contribution >= 0.6 is 0 Å². The fraction of sp³-hybridized carbons (Fsp3) is 0.417. The first-order chi connectivity index (χ1) is 14.0. The highest BCUT2D eigenvalue weighted by Crippen LogP contribution is 2.25. The Labute approximate surface area is 173 Å². The Morgan fingerprint density at radius 2 is 1.69 bits per heavy atom. The van der Waals surface area contributed by atoms with Crippen molar-refractivity contribution < 1.29 is 9.59 Å². The van der Waals surface area contributed by atoms with Crippen LogP contribution in [-0.2, 0) is 4.79 Å². The molecular formula is C24H31N3O2. The highest BCUT2D eigenvalue weighted by Gasteiger charge is 2.19. The number of anilines is 1. The summed E-state index contributed by atoms with van der Waals surface area (Å²) >= 11 is 0. The second-order valence-corrected chi connectivity index (χ2v) is 8.05. The fourth-order valence-electron chi connectivity index (χ4n) is 4.02. The highest BCUT2D eigenvalue weighted by atomic mass is 16.2. The number of hydrogen-bond donors (Lipinski definition) is 2. The Hall–Kier alpha value is -2.66. The molecule has 0 heterocycles. The largest absolute Gasteiger partial charge is 0.345 e. The van der Waals surface area contributed by atoms with Crippen molar-refractivity contribution in [1.82, 2.24) is 10.2 Å². The number of nitrogens with zero attached hydrogens (tertiary/aromatic N) is 1. The standard InChI is InChI=1S/C24H31N3O2/c1-18(20-12-4-3-5-13-20)25-24(29)21-14-8-9-15-22(21)26-23(28)17-27(2)16-19-10-6-7-11-19/h3-5,8-9,12-15,18-19H,6-7,10-11,16-17H2,1-2H3,(H,25,29)(H,26,28). The van der Waals surface area contributed by atoms with Crippen molar-refractivity contribution in [2.24, 2.45) is 5.92 Å². The van der Waals surface area contributed by atoms with Gasteiger partial charge in [-0.25, -0.2) is 0 Å². The highest BCUT2D eigenvalue weighted by molar-refractivity contribution is 6.04. The predicted molar refractivity (Wildman–Crippen MR) is 117 cm³/mol. The topological polar surface area (TPSA) is 61.4 Å². The van der Waals surface area contributed by atoms with E-state index in [1.807, 2.05) is 56.4 Å². The second-order valence-electron chi connectivity index (χ2n) is 8.05. The Bertz CT molecular complexity index is 816. The van der Waals surface area contributed by atoms with E-state index >= 15 is 0 Å². The number of carbonyl (C=O) groups is 2. The summed E-state index contributed by atoms with van der Waals surface area (Å²) < 4.78 is 0. The molecule has 1 unspecified atom stereocenters. The molecule has 1 fully saturated rings. The van der Waals surface area contributed by atoms with Gasteiger partial charge in [-0.05, 0) is 50.4 Å². The Balaban J connectivity index is 1.59. The molecule has 0 saturated heterocycles. The molecule has 1 saturated carbocycles. The third-order valence-corrected chi connectivity index (χ3v) is 5.55. The van der Waals surface area contributed by atoms with Gasteiger partial charge in [-0.15, -0.1) is 0 Å². The molecule has 2 N–H and O–H groups in total. The van der Waals surface area contributed by atoms with Crippen molar-refractivity contribution >= 4 is 17.5 Å². The summed E-state index contributed by atoms with van der Waals surface area (Å²) in [6, 6.07) is 16.9. The maximum absolute atomic E-state index is 12.8. The van der Waals surface area contributed by atoms with E-state index in [1.165, 1.54) is 25.7 Å². The summed E-state index contributed by atoms with van der Waals surface area (Å²) in [5.74, 6) is 0.406. The fourth-order valence-corrected chi connectivity index (χ4v) is 4.02. The van der Waals surface area contributed by atoms with Crippen LogP contribution < -0.4 is 10.6 Å². The number of amides is 2. The van der Waals surface area contributed by atoms with Crippen LogP contribution in [0.4, 0.5) is 5.69 Å². The number of hydrogen-bond acceptors (Lipinski definition) is 3. The van der Waals surface area contributed by atoms with E-state index < -0.39 is 0 Å². The van der Waals surface area contributed by atoms with Gasteiger partial charge < -0.3 is 10.6 Å². The normalized spacial score (nSPS) is 15.3. The van der Waals surface area contributed by atoms with Gasteiger partial charge in [-0.1, -0.05) is 55.3 Å². The zero-order valence-corrected chi connectivity index (χ0v) is 17.4. The summed E-state index contributed by atoms with van der Waals surface area (Å²) in [5.41, 5.74) is 2.06. The van der Waals surface area contributed by atoms with E-state index in [1.54, 1.807) is 12.1 Å². The first kappa shape index (κ1) is 21.1. The molecular weight excluding hydrogens is 362 g/mol. The minimum Gasteiger partial charge on any atom is -0.345 e. The van der Waals surface area contributed by atoms with Crippen molar-refractivity contribution in [3.63, 3.8) is 0 Å². The minimum absolute atomic E-state index is 0.0955. The third kappa shape index (κ3) is 6.16. The Kier molecular flexibility index (Phi) is 7.42. The molecule has 2 aromatic carbocycles. The molecule has 1 atom stereocenters. The first-order valence-corrected chi connectivity index (χ1v) is 10.5. The molecule has 0 aromatic heterocycles.